The SMILES string of the molecule is CC(C)(C)OC(=O)N1CCC(c2cc(-c3cccc(C(=O)NCC4=CC=CCC4)c3)c3c(N)ncnn23)CC1. The summed E-state index contributed by atoms with van der Waals surface area (Å²) >= 11 is 0. The number of ether oxygens (including phenoxy) is 1. The van der Waals surface area contributed by atoms with Crippen LogP contribution in [0.15, 0.2) is 60.5 Å². The Balaban J connectivity index is 1.38. The molecule has 0 spiro atoms. The van der Waals surface area contributed by atoms with Crippen LogP contribution in [-0.2, 0) is 4.74 Å². The molecule has 1 aromatic carbocycles. The molecule has 0 unspecified atom stereocenters. The van der Waals surface area contributed by atoms with E-state index in [1.165, 1.54) is 11.9 Å². The van der Waals surface area contributed by atoms with Crippen molar-refractivity contribution in [1.29, 1.82) is 0 Å². The van der Waals surface area contributed by atoms with Crippen molar-refractivity contribution >= 4 is 23.3 Å². The zero-order valence-electron chi connectivity index (χ0n) is 22.8. The Kier molecular flexibility index (Phi) is 7.41. The highest BCUT2D eigenvalue weighted by molar-refractivity contribution is 5.97. The molecular weight excluding hydrogens is 492 g/mol. The van der Waals surface area contributed by atoms with E-state index in [0.717, 1.165) is 48.0 Å². The Morgan fingerprint density at radius 2 is 1.97 bits per heavy atom. The van der Waals surface area contributed by atoms with E-state index in [4.69, 9.17) is 10.5 Å². The first-order valence-electron chi connectivity index (χ1n) is 13.5. The van der Waals surface area contributed by atoms with E-state index in [9.17, 15) is 9.59 Å². The molecule has 0 radical (unpaired) electrons. The number of anilines is 1. The monoisotopic (exact) mass is 528 g/mol. The maximum atomic E-state index is 13.0. The lowest BCUT2D eigenvalue weighted by atomic mass is 9.93. The number of benzene rings is 1. The number of fused-ring (bicyclic) bond motifs is 1. The Hall–Kier alpha value is -4.14. The van der Waals surface area contributed by atoms with E-state index in [1.54, 1.807) is 4.90 Å². The smallest absolute Gasteiger partial charge is 0.410 e. The number of carbonyl (C=O) groups is 2. The van der Waals surface area contributed by atoms with Gasteiger partial charge in [-0.25, -0.2) is 14.3 Å². The highest BCUT2D eigenvalue weighted by atomic mass is 16.6. The molecule has 3 N–H and O–H groups in total. The predicted molar refractivity (Wildman–Crippen MR) is 151 cm³/mol. The molecule has 0 atom stereocenters. The second-order valence-electron chi connectivity index (χ2n) is 11.2. The second kappa shape index (κ2) is 10.9. The number of nitrogens with one attached hydrogen (secondary N) is 1. The first-order valence-corrected chi connectivity index (χ1v) is 13.5. The molecule has 2 aliphatic rings. The number of aromatic nitrogens is 3. The summed E-state index contributed by atoms with van der Waals surface area (Å²) in [6.45, 7) is 7.37. The van der Waals surface area contributed by atoms with Crippen molar-refractivity contribution in [2.45, 2.75) is 58.0 Å². The van der Waals surface area contributed by atoms with Gasteiger partial charge in [0.25, 0.3) is 5.91 Å². The summed E-state index contributed by atoms with van der Waals surface area (Å²) < 4.78 is 7.42. The average Bonchev–Trinajstić information content (AvgIpc) is 3.33. The molecule has 3 heterocycles. The molecule has 0 saturated carbocycles. The van der Waals surface area contributed by atoms with Gasteiger partial charge >= 0.3 is 6.09 Å². The fourth-order valence-corrected chi connectivity index (χ4v) is 5.21. The lowest BCUT2D eigenvalue weighted by Gasteiger charge is -2.33. The van der Waals surface area contributed by atoms with Crippen molar-refractivity contribution < 1.29 is 14.3 Å². The van der Waals surface area contributed by atoms with Gasteiger partial charge in [0.15, 0.2) is 5.82 Å². The Morgan fingerprint density at radius 1 is 1.18 bits per heavy atom. The largest absolute Gasteiger partial charge is 0.444 e. The van der Waals surface area contributed by atoms with Crippen LogP contribution in [0.5, 0.6) is 0 Å². The van der Waals surface area contributed by atoms with Crippen molar-refractivity contribution in [3.05, 3.63) is 71.7 Å². The van der Waals surface area contributed by atoms with Gasteiger partial charge in [-0.15, -0.1) is 0 Å². The zero-order chi connectivity index (χ0) is 27.6. The molecule has 2 amide bonds. The molecule has 9 heteroatoms. The average molecular weight is 529 g/mol. The number of rotatable bonds is 5. The van der Waals surface area contributed by atoms with Crippen LogP contribution >= 0.6 is 0 Å². The highest BCUT2D eigenvalue weighted by Crippen LogP contribution is 2.37. The molecule has 2 aromatic heterocycles. The number of hydrogen-bond acceptors (Lipinski definition) is 6. The topological polar surface area (TPSA) is 115 Å². The minimum absolute atomic E-state index is 0.116. The number of nitrogens with two attached hydrogens (primary N) is 1. The van der Waals surface area contributed by atoms with Crippen LogP contribution in [-0.4, -0.2) is 56.7 Å². The molecule has 0 bridgehead atoms. The molecule has 9 nitrogen and oxygen atoms in total. The van der Waals surface area contributed by atoms with Crippen molar-refractivity contribution in [2.24, 2.45) is 0 Å². The third-order valence-electron chi connectivity index (χ3n) is 7.19. The summed E-state index contributed by atoms with van der Waals surface area (Å²) in [5.74, 6) is 0.447. The van der Waals surface area contributed by atoms with Crippen molar-refractivity contribution in [2.75, 3.05) is 25.4 Å². The van der Waals surface area contributed by atoms with Crippen LogP contribution in [0, 0.1) is 0 Å². The van der Waals surface area contributed by atoms with Gasteiger partial charge in [-0.05, 0) is 70.2 Å². The molecule has 39 heavy (non-hydrogen) atoms. The summed E-state index contributed by atoms with van der Waals surface area (Å²) in [7, 11) is 0. The normalized spacial score (nSPS) is 16.3. The highest BCUT2D eigenvalue weighted by Gasteiger charge is 2.30. The quantitative estimate of drug-likeness (QED) is 0.476. The fourth-order valence-electron chi connectivity index (χ4n) is 5.21. The molecule has 1 aliphatic heterocycles. The van der Waals surface area contributed by atoms with E-state index >= 15 is 0 Å². The summed E-state index contributed by atoms with van der Waals surface area (Å²) in [4.78, 5) is 31.5. The van der Waals surface area contributed by atoms with Gasteiger partial charge in [-0.1, -0.05) is 35.9 Å². The van der Waals surface area contributed by atoms with E-state index in [0.29, 0.717) is 31.0 Å². The van der Waals surface area contributed by atoms with Crippen LogP contribution in [0.4, 0.5) is 10.6 Å². The fraction of sp³-hybridized carbons (Fsp3) is 0.400. The predicted octanol–water partition coefficient (Wildman–Crippen LogP) is 5.10. The van der Waals surface area contributed by atoms with Crippen molar-refractivity contribution in [3.63, 3.8) is 0 Å². The number of amides is 2. The van der Waals surface area contributed by atoms with Crippen LogP contribution < -0.4 is 11.1 Å². The number of nitrogen functional groups attached to an aromatic ring is 1. The lowest BCUT2D eigenvalue weighted by molar-refractivity contribution is 0.0203. The summed E-state index contributed by atoms with van der Waals surface area (Å²) in [6.07, 6.45) is 10.9. The van der Waals surface area contributed by atoms with Gasteiger partial charge in [-0.3, -0.25) is 4.79 Å². The maximum Gasteiger partial charge on any atom is 0.410 e. The van der Waals surface area contributed by atoms with Crippen LogP contribution in [0.3, 0.4) is 0 Å². The van der Waals surface area contributed by atoms with E-state index in [2.05, 4.69) is 33.6 Å². The Labute approximate surface area is 228 Å². The van der Waals surface area contributed by atoms with Crippen LogP contribution in [0.2, 0.25) is 0 Å². The third kappa shape index (κ3) is 5.97. The number of allylic oxidation sites excluding steroid dienone is 3. The second-order valence-corrected chi connectivity index (χ2v) is 11.2. The van der Waals surface area contributed by atoms with Crippen LogP contribution in [0.1, 0.15) is 68.4 Å². The number of likely N-dealkylation sites (tertiary alicyclic amines) is 1. The van der Waals surface area contributed by atoms with Crippen molar-refractivity contribution in [1.82, 2.24) is 24.8 Å². The van der Waals surface area contributed by atoms with Gasteiger partial charge in [0.1, 0.15) is 17.4 Å². The zero-order valence-corrected chi connectivity index (χ0v) is 22.8. The number of carbonyl (C=O) groups excluding carboxylic acids is 2. The van der Waals surface area contributed by atoms with Crippen molar-refractivity contribution in [3.8, 4) is 11.1 Å². The van der Waals surface area contributed by atoms with E-state index < -0.39 is 5.60 Å². The standard InChI is InChI=1S/C30H36N6O3/c1-30(2,3)39-29(38)35-14-12-21(13-15-35)25-17-24(26-27(31)33-19-34-36(25)26)22-10-7-11-23(16-22)28(37)32-18-20-8-5-4-6-9-20/h4-5,7-8,10-11,16-17,19,21H,6,9,12-15,18H2,1-3H3,(H,32,37)(H2,31,33,34). The molecule has 1 aliphatic carbocycles. The molecule has 204 valence electrons. The minimum atomic E-state index is -0.523. The molecular formula is C30H36N6O3. The maximum absolute atomic E-state index is 13.0. The molecule has 1 fully saturated rings. The third-order valence-corrected chi connectivity index (χ3v) is 7.19. The van der Waals surface area contributed by atoms with Gasteiger partial charge in [0.2, 0.25) is 0 Å². The minimum Gasteiger partial charge on any atom is -0.444 e. The Bertz CT molecular complexity index is 1440. The number of hydrogen-bond donors (Lipinski definition) is 2. The Morgan fingerprint density at radius 3 is 2.69 bits per heavy atom. The first-order chi connectivity index (χ1) is 18.7. The van der Waals surface area contributed by atoms with Gasteiger partial charge in [0, 0.05) is 42.4 Å². The molecule has 3 aromatic rings. The molecule has 5 rings (SSSR count). The summed E-state index contributed by atoms with van der Waals surface area (Å²) in [5.41, 5.74) is 11.1. The summed E-state index contributed by atoms with van der Waals surface area (Å²) in [6, 6.07) is 9.67. The molecule has 1 saturated heterocycles. The van der Waals surface area contributed by atoms with E-state index in [1.807, 2.05) is 55.6 Å². The number of nitrogens with zero attached hydrogens (tertiary/aromatic N) is 4. The number of piperidine rings is 1. The first kappa shape index (κ1) is 26.5. The van der Waals surface area contributed by atoms with Gasteiger partial charge < -0.3 is 20.7 Å². The summed E-state index contributed by atoms with van der Waals surface area (Å²) in [5, 5.41) is 7.58. The van der Waals surface area contributed by atoms with Gasteiger partial charge in [-0.2, -0.15) is 5.10 Å². The van der Waals surface area contributed by atoms with Gasteiger partial charge in [0.05, 0.1) is 0 Å². The lowest BCUT2D eigenvalue weighted by Crippen LogP contribution is -2.41. The van der Waals surface area contributed by atoms with Crippen LogP contribution in [0.25, 0.3) is 16.6 Å². The van der Waals surface area contributed by atoms with E-state index in [-0.39, 0.29) is 17.9 Å².